The van der Waals surface area contributed by atoms with Crippen LogP contribution >= 0.6 is 0 Å². The van der Waals surface area contributed by atoms with E-state index in [1.165, 1.54) is 18.9 Å². The summed E-state index contributed by atoms with van der Waals surface area (Å²) in [6.45, 7) is 5.65. The van der Waals surface area contributed by atoms with Crippen molar-refractivity contribution in [1.29, 1.82) is 5.26 Å². The van der Waals surface area contributed by atoms with Crippen molar-refractivity contribution < 1.29 is 13.7 Å². The zero-order valence-corrected chi connectivity index (χ0v) is 19.1. The summed E-state index contributed by atoms with van der Waals surface area (Å²) >= 11 is 0. The van der Waals surface area contributed by atoms with E-state index >= 15 is 0 Å². The number of ether oxygens (including phenoxy) is 1. The molecule has 1 aliphatic heterocycles. The second-order valence-corrected chi connectivity index (χ2v) is 9.63. The average Bonchev–Trinajstić information content (AvgIpc) is 3.57. The summed E-state index contributed by atoms with van der Waals surface area (Å²) < 4.78 is 25.2. The molecule has 0 spiro atoms. The van der Waals surface area contributed by atoms with Gasteiger partial charge in [0.25, 0.3) is 0 Å². The highest BCUT2D eigenvalue weighted by molar-refractivity contribution is 5.84. The molecule has 0 radical (unpaired) electrons. The van der Waals surface area contributed by atoms with E-state index in [-0.39, 0.29) is 5.56 Å². The predicted octanol–water partition coefficient (Wildman–Crippen LogP) is 5.78. The van der Waals surface area contributed by atoms with E-state index in [9.17, 15) is 4.39 Å². The summed E-state index contributed by atoms with van der Waals surface area (Å²) in [6, 6.07) is 10.9. The molecule has 2 aliphatic rings. The summed E-state index contributed by atoms with van der Waals surface area (Å²) in [4.78, 5) is 2.39. The summed E-state index contributed by atoms with van der Waals surface area (Å²) in [5.41, 5.74) is 4.06. The number of aryl methyl sites for hydroxylation is 2. The number of hydrogen-bond acceptors (Lipinski definition) is 5. The maximum Gasteiger partial charge on any atom is 0.173 e. The van der Waals surface area contributed by atoms with Gasteiger partial charge in [0, 0.05) is 17.5 Å². The van der Waals surface area contributed by atoms with Crippen molar-refractivity contribution in [2.24, 2.45) is 11.8 Å². The van der Waals surface area contributed by atoms with E-state index in [0.29, 0.717) is 5.92 Å². The first-order valence-corrected chi connectivity index (χ1v) is 12.0. The Morgan fingerprint density at radius 2 is 1.97 bits per heavy atom. The molecule has 0 amide bonds. The SMILES string of the molecule is Cc1c(OCC2CC2)ccc2c(CCC3CCN(Cc4ccc(F)c(C#N)c4)CC3)noc12. The van der Waals surface area contributed by atoms with E-state index in [2.05, 4.69) is 29.1 Å². The lowest BCUT2D eigenvalue weighted by molar-refractivity contribution is 0.172. The van der Waals surface area contributed by atoms with Gasteiger partial charge in [0.05, 0.1) is 17.9 Å². The number of nitrogens with zero attached hydrogens (tertiary/aromatic N) is 3. The fourth-order valence-electron chi connectivity index (χ4n) is 4.79. The number of aromatic nitrogens is 1. The topological polar surface area (TPSA) is 62.3 Å². The predicted molar refractivity (Wildman–Crippen MR) is 124 cm³/mol. The Morgan fingerprint density at radius 1 is 1.15 bits per heavy atom. The van der Waals surface area contributed by atoms with Gasteiger partial charge in [-0.25, -0.2) is 4.39 Å². The fraction of sp³-hybridized carbons (Fsp3) is 0.481. The summed E-state index contributed by atoms with van der Waals surface area (Å²) in [7, 11) is 0. The van der Waals surface area contributed by atoms with Gasteiger partial charge in [-0.3, -0.25) is 4.90 Å². The molecule has 0 atom stereocenters. The zero-order chi connectivity index (χ0) is 22.8. The van der Waals surface area contributed by atoms with Crippen LogP contribution in [-0.4, -0.2) is 29.8 Å². The van der Waals surface area contributed by atoms with Crippen LogP contribution in [0.25, 0.3) is 11.0 Å². The van der Waals surface area contributed by atoms with Crippen molar-refractivity contribution in [3.05, 3.63) is 58.5 Å². The molecule has 2 heterocycles. The Labute approximate surface area is 194 Å². The van der Waals surface area contributed by atoms with Gasteiger partial charge < -0.3 is 9.26 Å². The van der Waals surface area contributed by atoms with Crippen LogP contribution in [0.3, 0.4) is 0 Å². The summed E-state index contributed by atoms with van der Waals surface area (Å²) in [6.07, 6.45) is 6.86. The number of nitriles is 1. The number of hydrogen-bond donors (Lipinski definition) is 0. The number of halogens is 1. The Morgan fingerprint density at radius 3 is 2.73 bits per heavy atom. The van der Waals surface area contributed by atoms with Gasteiger partial charge >= 0.3 is 0 Å². The van der Waals surface area contributed by atoms with E-state index < -0.39 is 5.82 Å². The van der Waals surface area contributed by atoms with Crippen LogP contribution < -0.4 is 4.74 Å². The lowest BCUT2D eigenvalue weighted by Crippen LogP contribution is -2.33. The molecule has 5 nitrogen and oxygen atoms in total. The van der Waals surface area contributed by atoms with Gasteiger partial charge in [0.1, 0.15) is 17.6 Å². The molecule has 5 rings (SSSR count). The first-order valence-electron chi connectivity index (χ1n) is 12.0. The van der Waals surface area contributed by atoms with Crippen molar-refractivity contribution in [3.8, 4) is 11.8 Å². The third-order valence-electron chi connectivity index (χ3n) is 7.14. The largest absolute Gasteiger partial charge is 0.493 e. The van der Waals surface area contributed by atoms with Crippen molar-refractivity contribution in [3.63, 3.8) is 0 Å². The standard InChI is InChI=1S/C27H30FN3O2/c1-18-26(32-17-20-2-3-20)9-6-23-25(30-33-27(18)23)8-5-19-10-12-31(13-11-19)16-21-4-7-24(28)22(14-21)15-29/h4,6-7,9,14,19-20H,2-3,5,8,10-13,16-17H2,1H3. The Kier molecular flexibility index (Phi) is 6.32. The Bertz CT molecular complexity index is 1170. The molecule has 0 bridgehead atoms. The minimum atomic E-state index is -0.447. The van der Waals surface area contributed by atoms with E-state index in [0.717, 1.165) is 91.4 Å². The zero-order valence-electron chi connectivity index (χ0n) is 19.1. The van der Waals surface area contributed by atoms with Crippen molar-refractivity contribution in [2.45, 2.75) is 52.0 Å². The lowest BCUT2D eigenvalue weighted by Gasteiger charge is -2.32. The minimum Gasteiger partial charge on any atom is -0.493 e. The van der Waals surface area contributed by atoms with Gasteiger partial charge in [-0.05, 0) is 100 Å². The average molecular weight is 448 g/mol. The number of piperidine rings is 1. The number of fused-ring (bicyclic) bond motifs is 1. The summed E-state index contributed by atoms with van der Waals surface area (Å²) in [5.74, 6) is 1.85. The highest BCUT2D eigenvalue weighted by Gasteiger charge is 2.24. The second kappa shape index (κ2) is 9.52. The molecule has 0 N–H and O–H groups in total. The van der Waals surface area contributed by atoms with Crippen LogP contribution in [0.2, 0.25) is 0 Å². The molecule has 3 aromatic rings. The van der Waals surface area contributed by atoms with Crippen LogP contribution in [0.5, 0.6) is 5.75 Å². The van der Waals surface area contributed by atoms with Crippen molar-refractivity contribution in [1.82, 2.24) is 10.1 Å². The van der Waals surface area contributed by atoms with Gasteiger partial charge in [-0.1, -0.05) is 11.2 Å². The van der Waals surface area contributed by atoms with Crippen LogP contribution in [0.1, 0.15) is 54.5 Å². The van der Waals surface area contributed by atoms with Crippen LogP contribution in [0.15, 0.2) is 34.9 Å². The quantitative estimate of drug-likeness (QED) is 0.438. The van der Waals surface area contributed by atoms with Gasteiger partial charge in [0.2, 0.25) is 0 Å². The molecule has 2 aromatic carbocycles. The molecule has 0 unspecified atom stereocenters. The Balaban J connectivity index is 1.13. The van der Waals surface area contributed by atoms with Crippen LogP contribution in [-0.2, 0) is 13.0 Å². The van der Waals surface area contributed by atoms with Crippen LogP contribution in [0, 0.1) is 35.9 Å². The number of rotatable bonds is 8. The lowest BCUT2D eigenvalue weighted by atomic mass is 9.91. The minimum absolute atomic E-state index is 0.124. The molecule has 1 aromatic heterocycles. The summed E-state index contributed by atoms with van der Waals surface area (Å²) in [5, 5.41) is 14.5. The van der Waals surface area contributed by atoms with Gasteiger partial charge in [0.15, 0.2) is 5.58 Å². The third kappa shape index (κ3) is 5.04. The van der Waals surface area contributed by atoms with Gasteiger partial charge in [-0.15, -0.1) is 0 Å². The van der Waals surface area contributed by atoms with E-state index in [1.54, 1.807) is 12.1 Å². The number of benzene rings is 2. The monoisotopic (exact) mass is 447 g/mol. The van der Waals surface area contributed by atoms with E-state index in [4.69, 9.17) is 14.5 Å². The highest BCUT2D eigenvalue weighted by atomic mass is 19.1. The molecule has 1 saturated heterocycles. The first kappa shape index (κ1) is 21.9. The maximum atomic E-state index is 13.6. The molecule has 1 saturated carbocycles. The molecular formula is C27H30FN3O2. The van der Waals surface area contributed by atoms with Gasteiger partial charge in [-0.2, -0.15) is 5.26 Å². The third-order valence-corrected chi connectivity index (χ3v) is 7.14. The van der Waals surface area contributed by atoms with Crippen LogP contribution in [0.4, 0.5) is 4.39 Å². The molecule has 6 heteroatoms. The fourth-order valence-corrected chi connectivity index (χ4v) is 4.79. The highest BCUT2D eigenvalue weighted by Crippen LogP contribution is 2.34. The Hall–Kier alpha value is -2.91. The van der Waals surface area contributed by atoms with E-state index in [1.807, 2.05) is 6.07 Å². The smallest absolute Gasteiger partial charge is 0.173 e. The second-order valence-electron chi connectivity index (χ2n) is 9.63. The normalized spacial score (nSPS) is 17.4. The first-order chi connectivity index (χ1) is 16.1. The van der Waals surface area contributed by atoms with Crippen molar-refractivity contribution in [2.75, 3.05) is 19.7 Å². The molecule has 33 heavy (non-hydrogen) atoms. The molecule has 172 valence electrons. The van der Waals surface area contributed by atoms with Crippen molar-refractivity contribution >= 4 is 11.0 Å². The molecule has 2 fully saturated rings. The molecular weight excluding hydrogens is 417 g/mol. The molecule has 1 aliphatic carbocycles. The maximum absolute atomic E-state index is 13.6. The number of likely N-dealkylation sites (tertiary alicyclic amines) is 1.